The molecule has 0 aliphatic carbocycles. The Balaban J connectivity index is 2.46. The van der Waals surface area contributed by atoms with Crippen LogP contribution in [0.15, 0.2) is 0 Å². The molecular weight excluding hydrogens is 158 g/mol. The van der Waals surface area contributed by atoms with Crippen molar-refractivity contribution >= 4 is 11.9 Å². The van der Waals surface area contributed by atoms with Crippen molar-refractivity contribution in [3.63, 3.8) is 0 Å². The lowest BCUT2D eigenvalue weighted by Gasteiger charge is -2.11. The number of amides is 3. The van der Waals surface area contributed by atoms with Gasteiger partial charge in [-0.1, -0.05) is 6.92 Å². The van der Waals surface area contributed by atoms with E-state index in [1.165, 1.54) is 0 Å². The third-order valence-corrected chi connectivity index (χ3v) is 2.10. The van der Waals surface area contributed by atoms with E-state index in [0.29, 0.717) is 6.54 Å². The van der Waals surface area contributed by atoms with Gasteiger partial charge < -0.3 is 11.1 Å². The van der Waals surface area contributed by atoms with Crippen LogP contribution in [0.5, 0.6) is 0 Å². The quantitative estimate of drug-likeness (QED) is 0.475. The molecule has 0 aromatic heterocycles. The largest absolute Gasteiger partial charge is 0.351 e. The highest BCUT2D eigenvalue weighted by Crippen LogP contribution is 2.15. The molecule has 2 atom stereocenters. The van der Waals surface area contributed by atoms with E-state index in [4.69, 9.17) is 5.73 Å². The Morgan fingerprint density at radius 3 is 2.58 bits per heavy atom. The molecule has 1 saturated heterocycles. The second-order valence-electron chi connectivity index (χ2n) is 3.10. The van der Waals surface area contributed by atoms with Gasteiger partial charge in [-0.2, -0.15) is 0 Å². The molecule has 5 heteroatoms. The summed E-state index contributed by atoms with van der Waals surface area (Å²) in [6, 6.07) is -0.779. The first-order chi connectivity index (χ1) is 5.61. The number of imide groups is 1. The van der Waals surface area contributed by atoms with Crippen LogP contribution in [0.25, 0.3) is 0 Å². The number of carbonyl (C=O) groups is 2. The molecule has 1 heterocycles. The molecule has 0 aromatic rings. The average molecular weight is 171 g/mol. The van der Waals surface area contributed by atoms with E-state index in [1.54, 1.807) is 0 Å². The lowest BCUT2D eigenvalue weighted by molar-refractivity contribution is -0.124. The third-order valence-electron chi connectivity index (χ3n) is 2.10. The Labute approximate surface area is 70.7 Å². The lowest BCUT2D eigenvalue weighted by atomic mass is 9.97. The van der Waals surface area contributed by atoms with Crippen molar-refractivity contribution in [2.45, 2.75) is 6.92 Å². The first-order valence-electron chi connectivity index (χ1n) is 3.92. The molecule has 5 nitrogen and oxygen atoms in total. The number of hydrogen-bond donors (Lipinski definition) is 3. The molecule has 0 unspecified atom stereocenters. The molecule has 3 amide bonds. The molecule has 1 rings (SSSR count). The van der Waals surface area contributed by atoms with Crippen LogP contribution in [-0.2, 0) is 4.79 Å². The van der Waals surface area contributed by atoms with Crippen molar-refractivity contribution in [1.82, 2.24) is 10.6 Å². The molecule has 4 N–H and O–H groups in total. The van der Waals surface area contributed by atoms with E-state index in [0.717, 1.165) is 6.54 Å². The molecule has 12 heavy (non-hydrogen) atoms. The van der Waals surface area contributed by atoms with Gasteiger partial charge in [-0.15, -0.1) is 0 Å². The zero-order chi connectivity index (χ0) is 9.14. The van der Waals surface area contributed by atoms with Gasteiger partial charge in [-0.25, -0.2) is 4.79 Å². The van der Waals surface area contributed by atoms with Crippen molar-refractivity contribution in [2.75, 3.05) is 13.1 Å². The summed E-state index contributed by atoms with van der Waals surface area (Å²) in [5.74, 6) is -0.137. The highest BCUT2D eigenvalue weighted by atomic mass is 16.2. The van der Waals surface area contributed by atoms with Gasteiger partial charge in [0.05, 0.1) is 5.92 Å². The Bertz CT molecular complexity index is 205. The molecule has 0 spiro atoms. The predicted molar refractivity (Wildman–Crippen MR) is 43.2 cm³/mol. The first kappa shape index (κ1) is 8.99. The van der Waals surface area contributed by atoms with E-state index in [1.807, 2.05) is 6.92 Å². The van der Waals surface area contributed by atoms with Crippen LogP contribution in [0, 0.1) is 11.8 Å². The first-order valence-corrected chi connectivity index (χ1v) is 3.92. The van der Waals surface area contributed by atoms with Crippen molar-refractivity contribution in [3.05, 3.63) is 0 Å². The molecule has 1 fully saturated rings. The number of nitrogens with one attached hydrogen (secondary N) is 2. The minimum absolute atomic E-state index is 0.127. The lowest BCUT2D eigenvalue weighted by Crippen LogP contribution is -2.41. The fourth-order valence-electron chi connectivity index (χ4n) is 1.38. The van der Waals surface area contributed by atoms with E-state index in [-0.39, 0.29) is 17.7 Å². The van der Waals surface area contributed by atoms with E-state index < -0.39 is 6.03 Å². The van der Waals surface area contributed by atoms with Crippen molar-refractivity contribution in [1.29, 1.82) is 0 Å². The summed E-state index contributed by atoms with van der Waals surface area (Å²) in [6.45, 7) is 3.41. The van der Waals surface area contributed by atoms with Gasteiger partial charge in [0.15, 0.2) is 0 Å². The van der Waals surface area contributed by atoms with Gasteiger partial charge >= 0.3 is 6.03 Å². The van der Waals surface area contributed by atoms with Crippen LogP contribution >= 0.6 is 0 Å². The fraction of sp³-hybridized carbons (Fsp3) is 0.714. The topological polar surface area (TPSA) is 84.2 Å². The van der Waals surface area contributed by atoms with Crippen LogP contribution in [0.4, 0.5) is 4.79 Å². The second-order valence-corrected chi connectivity index (χ2v) is 3.10. The van der Waals surface area contributed by atoms with Crippen LogP contribution < -0.4 is 16.4 Å². The molecule has 68 valence electrons. The Hall–Kier alpha value is -1.10. The molecule has 1 aliphatic rings. The van der Waals surface area contributed by atoms with Crippen molar-refractivity contribution in [3.8, 4) is 0 Å². The SMILES string of the molecule is C[C@@H]1CNC[C@H]1C(=O)NC(N)=O. The van der Waals surface area contributed by atoms with Crippen molar-refractivity contribution < 1.29 is 9.59 Å². The van der Waals surface area contributed by atoms with E-state index >= 15 is 0 Å². The second kappa shape index (κ2) is 3.53. The summed E-state index contributed by atoms with van der Waals surface area (Å²) in [5, 5.41) is 5.14. The summed E-state index contributed by atoms with van der Waals surface area (Å²) in [5.41, 5.74) is 4.82. The van der Waals surface area contributed by atoms with Crippen LogP contribution in [0.3, 0.4) is 0 Å². The van der Waals surface area contributed by atoms with Crippen LogP contribution in [0.1, 0.15) is 6.92 Å². The van der Waals surface area contributed by atoms with Crippen molar-refractivity contribution in [2.24, 2.45) is 17.6 Å². The minimum Gasteiger partial charge on any atom is -0.351 e. The smallest absolute Gasteiger partial charge is 0.318 e. The van der Waals surface area contributed by atoms with Gasteiger partial charge in [0, 0.05) is 6.54 Å². The molecular formula is C7H13N3O2. The summed E-state index contributed by atoms with van der Waals surface area (Å²) in [7, 11) is 0. The third kappa shape index (κ3) is 1.94. The standard InChI is InChI=1S/C7H13N3O2/c1-4-2-9-3-5(4)6(11)10-7(8)12/h4-5,9H,2-3H2,1H3,(H3,8,10,11,12)/t4-,5-/m1/s1. The van der Waals surface area contributed by atoms with Gasteiger partial charge in [0.1, 0.15) is 0 Å². The summed E-state index contributed by atoms with van der Waals surface area (Å²) in [4.78, 5) is 21.6. The van der Waals surface area contributed by atoms with Gasteiger partial charge in [0.2, 0.25) is 5.91 Å². The van der Waals surface area contributed by atoms with E-state index in [9.17, 15) is 9.59 Å². The minimum atomic E-state index is -0.779. The Morgan fingerprint density at radius 1 is 1.50 bits per heavy atom. The average Bonchev–Trinajstić information content (AvgIpc) is 2.33. The van der Waals surface area contributed by atoms with Gasteiger partial charge in [-0.05, 0) is 12.5 Å². The Morgan fingerprint density at radius 2 is 2.17 bits per heavy atom. The normalized spacial score (nSPS) is 28.4. The van der Waals surface area contributed by atoms with Gasteiger partial charge in [-0.3, -0.25) is 10.1 Å². The monoisotopic (exact) mass is 171 g/mol. The maximum absolute atomic E-state index is 11.2. The summed E-state index contributed by atoms with van der Waals surface area (Å²) >= 11 is 0. The summed E-state index contributed by atoms with van der Waals surface area (Å²) in [6.07, 6.45) is 0. The number of urea groups is 1. The Kier molecular flexibility index (Phi) is 2.65. The molecule has 0 aromatic carbocycles. The molecule has 1 aliphatic heterocycles. The molecule has 0 saturated carbocycles. The highest BCUT2D eigenvalue weighted by molar-refractivity contribution is 5.95. The number of rotatable bonds is 1. The maximum Gasteiger partial charge on any atom is 0.318 e. The zero-order valence-corrected chi connectivity index (χ0v) is 6.96. The van der Waals surface area contributed by atoms with Crippen LogP contribution in [0.2, 0.25) is 0 Å². The fourth-order valence-corrected chi connectivity index (χ4v) is 1.38. The predicted octanol–water partition coefficient (Wildman–Crippen LogP) is -0.963. The number of hydrogen-bond acceptors (Lipinski definition) is 3. The summed E-state index contributed by atoms with van der Waals surface area (Å²) < 4.78 is 0. The van der Waals surface area contributed by atoms with E-state index in [2.05, 4.69) is 10.6 Å². The van der Waals surface area contributed by atoms with Gasteiger partial charge in [0.25, 0.3) is 0 Å². The number of nitrogens with two attached hydrogens (primary N) is 1. The van der Waals surface area contributed by atoms with Crippen LogP contribution in [-0.4, -0.2) is 25.0 Å². The number of carbonyl (C=O) groups excluding carboxylic acids is 2. The number of primary amides is 1. The molecule has 0 bridgehead atoms. The molecule has 0 radical (unpaired) electrons. The highest BCUT2D eigenvalue weighted by Gasteiger charge is 2.29. The zero-order valence-electron chi connectivity index (χ0n) is 6.96. The maximum atomic E-state index is 11.2.